The molecule has 7 heteroatoms. The lowest BCUT2D eigenvalue weighted by atomic mass is 10.1. The number of benzene rings is 1. The van der Waals surface area contributed by atoms with E-state index in [1.54, 1.807) is 0 Å². The summed E-state index contributed by atoms with van der Waals surface area (Å²) in [6.07, 6.45) is 2.90. The molecule has 1 aliphatic heterocycles. The van der Waals surface area contributed by atoms with Gasteiger partial charge in [0.2, 0.25) is 0 Å². The Labute approximate surface area is 134 Å². The number of thiocarbonyl (C=S) groups is 1. The van der Waals surface area contributed by atoms with Crippen molar-refractivity contribution in [3.63, 3.8) is 0 Å². The van der Waals surface area contributed by atoms with E-state index in [0.717, 1.165) is 0 Å². The van der Waals surface area contributed by atoms with E-state index in [9.17, 15) is 14.0 Å². The third kappa shape index (κ3) is 3.25. The van der Waals surface area contributed by atoms with Gasteiger partial charge in [-0.05, 0) is 51.9 Å². The lowest BCUT2D eigenvalue weighted by Gasteiger charge is -2.27. The molecule has 1 heterocycles. The molecule has 1 saturated heterocycles. The normalized spacial score (nSPS) is 17.1. The van der Waals surface area contributed by atoms with Crippen molar-refractivity contribution in [2.24, 2.45) is 0 Å². The van der Waals surface area contributed by atoms with Crippen LogP contribution in [0.15, 0.2) is 40.9 Å². The molecule has 0 bridgehead atoms. The summed E-state index contributed by atoms with van der Waals surface area (Å²) in [7, 11) is 0. The number of hydrogen-bond donors (Lipinski definition) is 1. The van der Waals surface area contributed by atoms with Crippen molar-refractivity contribution in [1.29, 1.82) is 0 Å². The van der Waals surface area contributed by atoms with Crippen molar-refractivity contribution in [1.82, 2.24) is 10.2 Å². The van der Waals surface area contributed by atoms with Crippen LogP contribution in [0.25, 0.3) is 6.08 Å². The summed E-state index contributed by atoms with van der Waals surface area (Å²) in [6.45, 7) is 3.74. The summed E-state index contributed by atoms with van der Waals surface area (Å²) in [5, 5.41) is 2.48. The van der Waals surface area contributed by atoms with Crippen LogP contribution in [0.1, 0.15) is 5.56 Å². The molecule has 21 heavy (non-hydrogen) atoms. The molecule has 0 aromatic heterocycles. The van der Waals surface area contributed by atoms with Gasteiger partial charge in [-0.25, -0.2) is 4.39 Å². The van der Waals surface area contributed by atoms with Crippen molar-refractivity contribution < 1.29 is 14.0 Å². The predicted octanol–water partition coefficient (Wildman–Crippen LogP) is 2.40. The van der Waals surface area contributed by atoms with Crippen LogP contribution < -0.4 is 5.32 Å². The predicted molar refractivity (Wildman–Crippen MR) is 84.7 cm³/mol. The lowest BCUT2D eigenvalue weighted by Crippen LogP contribution is -2.53. The molecule has 1 N–H and O–H groups in total. The van der Waals surface area contributed by atoms with E-state index in [-0.39, 0.29) is 21.7 Å². The Balaban J connectivity index is 2.40. The second-order valence-corrected chi connectivity index (χ2v) is 5.44. The molecule has 4 nitrogen and oxygen atoms in total. The van der Waals surface area contributed by atoms with Gasteiger partial charge in [-0.1, -0.05) is 12.1 Å². The molecule has 0 spiro atoms. The van der Waals surface area contributed by atoms with E-state index in [2.05, 4.69) is 27.8 Å². The minimum atomic E-state index is -0.578. The van der Waals surface area contributed by atoms with Crippen molar-refractivity contribution in [3.05, 3.63) is 52.3 Å². The number of nitrogens with zero attached hydrogens (tertiary/aromatic N) is 1. The average molecular weight is 369 g/mol. The van der Waals surface area contributed by atoms with Gasteiger partial charge in [-0.3, -0.25) is 19.8 Å². The quantitative estimate of drug-likeness (QED) is 0.385. The minimum Gasteiger partial charge on any atom is -0.298 e. The molecular weight excluding hydrogens is 359 g/mol. The fraction of sp³-hybridized carbons (Fsp3) is 0.0714. The van der Waals surface area contributed by atoms with Gasteiger partial charge in [-0.15, -0.1) is 6.58 Å². The Morgan fingerprint density at radius 1 is 1.43 bits per heavy atom. The second-order valence-electron chi connectivity index (χ2n) is 4.20. The number of carbonyl (C=O) groups is 2. The second kappa shape index (κ2) is 6.28. The molecule has 1 aromatic carbocycles. The van der Waals surface area contributed by atoms with Crippen LogP contribution in [0.5, 0.6) is 0 Å². The SMILES string of the molecule is C=CCN1C(=O)C(=Cc2ccc(F)c(Br)c2)C(=O)NC1=S. The van der Waals surface area contributed by atoms with Crippen LogP contribution in [0.3, 0.4) is 0 Å². The Morgan fingerprint density at radius 3 is 2.76 bits per heavy atom. The highest BCUT2D eigenvalue weighted by Gasteiger charge is 2.32. The van der Waals surface area contributed by atoms with E-state index >= 15 is 0 Å². The fourth-order valence-corrected chi connectivity index (χ4v) is 2.40. The first-order valence-corrected chi connectivity index (χ1v) is 7.09. The van der Waals surface area contributed by atoms with Gasteiger partial charge in [0.1, 0.15) is 11.4 Å². The molecular formula is C14H10BrFN2O2S. The van der Waals surface area contributed by atoms with Gasteiger partial charge in [0.15, 0.2) is 5.11 Å². The first-order chi connectivity index (χ1) is 9.93. The van der Waals surface area contributed by atoms with E-state index in [4.69, 9.17) is 12.2 Å². The molecule has 1 aliphatic rings. The van der Waals surface area contributed by atoms with Crippen LogP contribution in [-0.2, 0) is 9.59 Å². The molecule has 0 saturated carbocycles. The number of carbonyl (C=O) groups excluding carboxylic acids is 2. The average Bonchev–Trinajstić information content (AvgIpc) is 2.43. The highest BCUT2D eigenvalue weighted by molar-refractivity contribution is 9.10. The van der Waals surface area contributed by atoms with Crippen molar-refractivity contribution in [2.45, 2.75) is 0 Å². The fourth-order valence-electron chi connectivity index (χ4n) is 1.76. The van der Waals surface area contributed by atoms with Crippen molar-refractivity contribution in [2.75, 3.05) is 6.54 Å². The maximum atomic E-state index is 13.2. The van der Waals surface area contributed by atoms with Gasteiger partial charge in [0, 0.05) is 6.54 Å². The summed E-state index contributed by atoms with van der Waals surface area (Å²) in [5.41, 5.74) is 0.456. The third-order valence-corrected chi connectivity index (χ3v) is 3.68. The number of nitrogens with one attached hydrogen (secondary N) is 1. The van der Waals surface area contributed by atoms with Gasteiger partial charge in [-0.2, -0.15) is 0 Å². The third-order valence-electron chi connectivity index (χ3n) is 2.75. The monoisotopic (exact) mass is 368 g/mol. The topological polar surface area (TPSA) is 49.4 Å². The van der Waals surface area contributed by atoms with Gasteiger partial charge in [0.05, 0.1) is 4.47 Å². The highest BCUT2D eigenvalue weighted by atomic mass is 79.9. The van der Waals surface area contributed by atoms with Crippen LogP contribution in [0.2, 0.25) is 0 Å². The summed E-state index contributed by atoms with van der Waals surface area (Å²) in [6, 6.07) is 4.19. The summed E-state index contributed by atoms with van der Waals surface area (Å²) in [5.74, 6) is -1.51. The number of rotatable bonds is 3. The minimum absolute atomic E-state index is 0.0438. The zero-order valence-electron chi connectivity index (χ0n) is 10.7. The molecule has 1 aromatic rings. The maximum Gasteiger partial charge on any atom is 0.265 e. The molecule has 0 aliphatic carbocycles. The summed E-state index contributed by atoms with van der Waals surface area (Å²) >= 11 is 8.00. The van der Waals surface area contributed by atoms with E-state index in [1.165, 1.54) is 35.3 Å². The Morgan fingerprint density at radius 2 is 2.14 bits per heavy atom. The highest BCUT2D eigenvalue weighted by Crippen LogP contribution is 2.20. The largest absolute Gasteiger partial charge is 0.298 e. The van der Waals surface area contributed by atoms with Gasteiger partial charge < -0.3 is 0 Å². The maximum absolute atomic E-state index is 13.2. The lowest BCUT2D eigenvalue weighted by molar-refractivity contribution is -0.128. The van der Waals surface area contributed by atoms with Gasteiger partial charge >= 0.3 is 0 Å². The first-order valence-electron chi connectivity index (χ1n) is 5.89. The van der Waals surface area contributed by atoms with Crippen molar-refractivity contribution in [3.8, 4) is 0 Å². The van der Waals surface area contributed by atoms with E-state index < -0.39 is 17.6 Å². The molecule has 1 fully saturated rings. The Bertz CT molecular complexity index is 688. The summed E-state index contributed by atoms with van der Waals surface area (Å²) in [4.78, 5) is 25.4. The van der Waals surface area contributed by atoms with Crippen molar-refractivity contribution >= 4 is 51.2 Å². The first kappa shape index (κ1) is 15.5. The molecule has 108 valence electrons. The number of hydrogen-bond acceptors (Lipinski definition) is 3. The molecule has 0 unspecified atom stereocenters. The van der Waals surface area contributed by atoms with Gasteiger partial charge in [0.25, 0.3) is 11.8 Å². The molecule has 0 radical (unpaired) electrons. The molecule has 0 atom stereocenters. The number of amides is 2. The van der Waals surface area contributed by atoms with Crippen LogP contribution >= 0.6 is 28.1 Å². The zero-order valence-corrected chi connectivity index (χ0v) is 13.1. The Kier molecular flexibility index (Phi) is 4.64. The smallest absolute Gasteiger partial charge is 0.265 e. The van der Waals surface area contributed by atoms with Crippen LogP contribution in [-0.4, -0.2) is 28.4 Å². The Hall–Kier alpha value is -1.86. The summed E-state index contributed by atoms with van der Waals surface area (Å²) < 4.78 is 13.4. The standard InChI is InChI=1S/C14H10BrFN2O2S/c1-2-5-18-13(20)9(12(19)17-14(18)21)6-8-3-4-11(16)10(15)7-8/h2-4,6-7H,1,5H2,(H,17,19,21). The molecule has 2 amide bonds. The van der Waals surface area contributed by atoms with Crippen LogP contribution in [0, 0.1) is 5.82 Å². The van der Waals surface area contributed by atoms with E-state index in [0.29, 0.717) is 5.56 Å². The zero-order chi connectivity index (χ0) is 15.6. The molecule has 2 rings (SSSR count). The number of halogens is 2. The van der Waals surface area contributed by atoms with Crippen LogP contribution in [0.4, 0.5) is 4.39 Å². The van der Waals surface area contributed by atoms with E-state index in [1.807, 2.05) is 0 Å².